The first-order valence-electron chi connectivity index (χ1n) is 13.0. The van der Waals surface area contributed by atoms with Crippen LogP contribution in [0.1, 0.15) is 30.3 Å². The van der Waals surface area contributed by atoms with Crippen LogP contribution in [0.5, 0.6) is 0 Å². The van der Waals surface area contributed by atoms with E-state index in [1.807, 2.05) is 0 Å². The Morgan fingerprint density at radius 2 is 2.05 bits per heavy atom. The van der Waals surface area contributed by atoms with Crippen molar-refractivity contribution >= 4 is 47.0 Å². The number of fused-ring (bicyclic) bond motifs is 4. The average molecular weight is 624 g/mol. The van der Waals surface area contributed by atoms with Gasteiger partial charge < -0.3 is 20.4 Å². The molecule has 1 aliphatic heterocycles. The lowest BCUT2D eigenvalue weighted by molar-refractivity contribution is -0.139. The molecule has 5 rings (SSSR count). The molecular weight excluding hydrogens is 600 g/mol. The molecule has 16 heteroatoms. The molecule has 0 unspecified atom stereocenters. The van der Waals surface area contributed by atoms with Crippen molar-refractivity contribution in [2.24, 2.45) is 0 Å². The Bertz CT molecular complexity index is 1760. The second-order valence-corrected chi connectivity index (χ2v) is 9.92. The van der Waals surface area contributed by atoms with Crippen molar-refractivity contribution in [2.75, 3.05) is 17.7 Å². The molecule has 2 bridgehead atoms. The Morgan fingerprint density at radius 1 is 1.20 bits per heavy atom. The van der Waals surface area contributed by atoms with Gasteiger partial charge in [0.25, 0.3) is 5.91 Å². The van der Waals surface area contributed by atoms with Crippen LogP contribution in [-0.2, 0) is 14.3 Å². The van der Waals surface area contributed by atoms with E-state index in [0.29, 0.717) is 33.4 Å². The van der Waals surface area contributed by atoms with Gasteiger partial charge in [-0.3, -0.25) is 14.9 Å². The number of allylic oxidation sites excluding steroid dienone is 1. The summed E-state index contributed by atoms with van der Waals surface area (Å²) in [5.74, 6) is -5.45. The molecule has 3 amide bonds. The number of halogens is 3. The molecule has 2 aromatic carbocycles. The summed E-state index contributed by atoms with van der Waals surface area (Å²) in [6.07, 6.45) is 6.69. The van der Waals surface area contributed by atoms with E-state index in [1.165, 1.54) is 60.7 Å². The molecule has 2 aromatic heterocycles. The molecule has 1 aliphatic rings. The third-order valence-electron chi connectivity index (χ3n) is 6.48. The minimum Gasteiger partial charge on any atom is -0.453 e. The van der Waals surface area contributed by atoms with Crippen LogP contribution in [0, 0.1) is 0 Å². The van der Waals surface area contributed by atoms with Crippen molar-refractivity contribution in [1.82, 2.24) is 35.5 Å². The lowest BCUT2D eigenvalue weighted by atomic mass is 10.1. The fourth-order valence-electron chi connectivity index (χ4n) is 4.31. The van der Waals surface area contributed by atoms with E-state index in [9.17, 15) is 23.2 Å². The summed E-state index contributed by atoms with van der Waals surface area (Å²) in [6, 6.07) is 8.58. The molecule has 226 valence electrons. The number of alkyl halides is 2. The molecule has 4 N–H and O–H groups in total. The second-order valence-electron chi connectivity index (χ2n) is 9.48. The number of anilines is 2. The standard InChI is InChI=1S/C28H24ClF2N9O4/c1-44-27(43)34-18-7-8-19-21(13-18)37-26(42)28(30,31)11-3-2-4-20(25-32-14-22(19)36-25)35-24(41)10-5-16-12-17(29)6-9-23(16)40-15-33-38-39-40/h2-3,5-10,12-15,20H,4,11H2,1H3,(H,32,36)(H,34,43)(H,35,41)(H,37,42)/b3-2-,10-5+/t20-/m0/s1. The number of amides is 3. The number of imidazole rings is 1. The molecule has 44 heavy (non-hydrogen) atoms. The molecule has 4 aromatic rings. The van der Waals surface area contributed by atoms with Crippen LogP contribution in [0.25, 0.3) is 23.0 Å². The first kappa shape index (κ1) is 30.0. The van der Waals surface area contributed by atoms with Crippen LogP contribution in [0.4, 0.5) is 25.0 Å². The van der Waals surface area contributed by atoms with Gasteiger partial charge in [0.05, 0.1) is 36.4 Å². The molecule has 0 saturated carbocycles. The maximum atomic E-state index is 14.8. The minimum absolute atomic E-state index is 0.00886. The third kappa shape index (κ3) is 6.95. The number of nitrogens with one attached hydrogen (secondary N) is 4. The Hall–Kier alpha value is -5.44. The number of carbonyl (C=O) groups excluding carboxylic acids is 3. The van der Waals surface area contributed by atoms with Gasteiger partial charge in [0.1, 0.15) is 12.2 Å². The number of hydrogen-bond acceptors (Lipinski definition) is 8. The molecular formula is C28H24ClF2N9O4. The van der Waals surface area contributed by atoms with Gasteiger partial charge in [0, 0.05) is 34.3 Å². The number of nitrogens with zero attached hydrogens (tertiary/aromatic N) is 5. The largest absolute Gasteiger partial charge is 0.453 e. The van der Waals surface area contributed by atoms with Crippen LogP contribution in [0.2, 0.25) is 5.02 Å². The fraction of sp³-hybridized carbons (Fsp3) is 0.179. The zero-order valence-electron chi connectivity index (χ0n) is 22.9. The van der Waals surface area contributed by atoms with Crippen LogP contribution < -0.4 is 16.0 Å². The van der Waals surface area contributed by atoms with E-state index in [0.717, 1.165) is 6.08 Å². The van der Waals surface area contributed by atoms with Crippen LogP contribution >= 0.6 is 11.6 Å². The van der Waals surface area contributed by atoms with Gasteiger partial charge in [0.2, 0.25) is 5.91 Å². The highest BCUT2D eigenvalue weighted by molar-refractivity contribution is 6.30. The number of aromatic nitrogens is 6. The first-order valence-corrected chi connectivity index (χ1v) is 13.4. The second kappa shape index (κ2) is 12.8. The van der Waals surface area contributed by atoms with Gasteiger partial charge in [-0.15, -0.1) is 5.10 Å². The summed E-state index contributed by atoms with van der Waals surface area (Å²) in [4.78, 5) is 44.8. The van der Waals surface area contributed by atoms with Crippen molar-refractivity contribution < 1.29 is 27.9 Å². The molecule has 0 radical (unpaired) electrons. The quantitative estimate of drug-likeness (QED) is 0.183. The van der Waals surface area contributed by atoms with Crippen LogP contribution in [0.3, 0.4) is 0 Å². The first-order chi connectivity index (χ1) is 21.1. The monoisotopic (exact) mass is 623 g/mol. The number of carbonyl (C=O) groups is 3. The zero-order chi connectivity index (χ0) is 31.3. The number of rotatable bonds is 5. The normalized spacial score (nSPS) is 16.9. The molecule has 0 spiro atoms. The van der Waals surface area contributed by atoms with Crippen molar-refractivity contribution in [3.63, 3.8) is 0 Å². The number of tetrazole rings is 1. The van der Waals surface area contributed by atoms with Gasteiger partial charge in [-0.1, -0.05) is 23.8 Å². The molecule has 0 fully saturated rings. The van der Waals surface area contributed by atoms with Gasteiger partial charge in [-0.05, 0) is 59.3 Å². The maximum Gasteiger partial charge on any atom is 0.411 e. The predicted octanol–water partition coefficient (Wildman–Crippen LogP) is 4.68. The molecule has 13 nitrogen and oxygen atoms in total. The van der Waals surface area contributed by atoms with E-state index in [4.69, 9.17) is 11.6 Å². The van der Waals surface area contributed by atoms with E-state index in [1.54, 1.807) is 18.2 Å². The summed E-state index contributed by atoms with van der Waals surface area (Å²) in [5, 5.41) is 19.1. The SMILES string of the molecule is COC(=O)Nc1ccc2c(c1)NC(=O)C(F)(F)C/C=C\C[C@H](NC(=O)/C=C/c1cc(Cl)ccc1-n1cnnn1)c1ncc-2[nH]1. The van der Waals surface area contributed by atoms with Crippen molar-refractivity contribution in [2.45, 2.75) is 24.8 Å². The van der Waals surface area contributed by atoms with Crippen molar-refractivity contribution in [3.05, 3.63) is 83.6 Å². The lowest BCUT2D eigenvalue weighted by Gasteiger charge is -2.17. The summed E-state index contributed by atoms with van der Waals surface area (Å²) in [5.41, 5.74) is 2.01. The highest BCUT2D eigenvalue weighted by Crippen LogP contribution is 2.33. The maximum absolute atomic E-state index is 14.8. The average Bonchev–Trinajstić information content (AvgIpc) is 3.71. The Labute approximate surface area is 253 Å². The topological polar surface area (TPSA) is 169 Å². The van der Waals surface area contributed by atoms with E-state index in [-0.39, 0.29) is 17.8 Å². The van der Waals surface area contributed by atoms with Gasteiger partial charge in [-0.25, -0.2) is 9.78 Å². The van der Waals surface area contributed by atoms with Crippen molar-refractivity contribution in [1.29, 1.82) is 0 Å². The molecule has 0 aliphatic carbocycles. The Morgan fingerprint density at radius 3 is 2.82 bits per heavy atom. The van der Waals surface area contributed by atoms with Crippen LogP contribution in [0.15, 0.2) is 67.2 Å². The number of ether oxygens (including phenoxy) is 1. The summed E-state index contributed by atoms with van der Waals surface area (Å²) < 4.78 is 35.5. The van der Waals surface area contributed by atoms with Gasteiger partial charge >= 0.3 is 12.0 Å². The van der Waals surface area contributed by atoms with Gasteiger partial charge in [0.15, 0.2) is 0 Å². The summed E-state index contributed by atoms with van der Waals surface area (Å²) in [7, 11) is 1.17. The van der Waals surface area contributed by atoms with Crippen LogP contribution in [-0.4, -0.2) is 61.1 Å². The lowest BCUT2D eigenvalue weighted by Crippen LogP contribution is -2.34. The van der Waals surface area contributed by atoms with Crippen molar-refractivity contribution in [3.8, 4) is 16.9 Å². The number of benzene rings is 2. The Balaban J connectivity index is 1.44. The molecule has 0 saturated heterocycles. The summed E-state index contributed by atoms with van der Waals surface area (Å²) >= 11 is 6.16. The predicted molar refractivity (Wildman–Crippen MR) is 156 cm³/mol. The fourth-order valence-corrected chi connectivity index (χ4v) is 4.49. The van der Waals surface area contributed by atoms with Gasteiger partial charge in [-0.2, -0.15) is 13.5 Å². The number of hydrogen-bond donors (Lipinski definition) is 4. The highest BCUT2D eigenvalue weighted by atomic mass is 35.5. The number of methoxy groups -OCH3 is 1. The van der Waals surface area contributed by atoms with E-state index < -0.39 is 36.3 Å². The Kier molecular flexibility index (Phi) is 8.76. The minimum atomic E-state index is -3.75. The molecule has 3 heterocycles. The third-order valence-corrected chi connectivity index (χ3v) is 6.71. The smallest absolute Gasteiger partial charge is 0.411 e. The number of aromatic amines is 1. The highest BCUT2D eigenvalue weighted by Gasteiger charge is 2.38. The van der Waals surface area contributed by atoms with E-state index in [2.05, 4.69) is 46.2 Å². The number of H-pyrrole nitrogens is 1. The summed E-state index contributed by atoms with van der Waals surface area (Å²) in [6.45, 7) is 0. The van der Waals surface area contributed by atoms with E-state index >= 15 is 0 Å². The molecule has 1 atom stereocenters. The zero-order valence-corrected chi connectivity index (χ0v) is 23.7.